The summed E-state index contributed by atoms with van der Waals surface area (Å²) >= 11 is 0. The number of allylic oxidation sites excluding steroid dienone is 1. The van der Waals surface area contributed by atoms with Crippen molar-refractivity contribution in [3.63, 3.8) is 0 Å². The van der Waals surface area contributed by atoms with Gasteiger partial charge in [0.2, 0.25) is 0 Å². The number of fused-ring (bicyclic) bond motifs is 1. The molecule has 0 amide bonds. The van der Waals surface area contributed by atoms with Crippen LogP contribution in [0.5, 0.6) is 0 Å². The molecule has 1 fully saturated rings. The summed E-state index contributed by atoms with van der Waals surface area (Å²) in [5, 5.41) is 2.60. The van der Waals surface area contributed by atoms with Crippen LogP contribution in [-0.4, -0.2) is 42.6 Å². The second-order valence-corrected chi connectivity index (χ2v) is 4.06. The lowest BCUT2D eigenvalue weighted by atomic mass is 10.0. The third-order valence-corrected chi connectivity index (χ3v) is 3.09. The van der Waals surface area contributed by atoms with Crippen molar-refractivity contribution in [2.45, 2.75) is 37.8 Å². The number of halogens is 3. The summed E-state index contributed by atoms with van der Waals surface area (Å²) in [6.07, 6.45) is -1.89. The number of hydrogen-bond acceptors (Lipinski definition) is 3. The zero-order chi connectivity index (χ0) is 11.9. The molecule has 3 atom stereocenters. The number of nitrogens with one attached hydrogen (secondary N) is 1. The van der Waals surface area contributed by atoms with Gasteiger partial charge in [0.1, 0.15) is 0 Å². The molecule has 3 nitrogen and oxygen atoms in total. The lowest BCUT2D eigenvalue weighted by molar-refractivity contribution is -0.176. The monoisotopic (exact) mass is 233 g/mol. The lowest BCUT2D eigenvalue weighted by Gasteiger charge is -2.25. The fraction of sp³-hybridized carbons (Fsp3) is 0.700. The minimum Gasteiger partial charge on any atom is -0.353 e. The third-order valence-electron chi connectivity index (χ3n) is 3.09. The summed E-state index contributed by atoms with van der Waals surface area (Å²) in [5.74, 6) is 0. The van der Waals surface area contributed by atoms with Crippen molar-refractivity contribution in [3.8, 4) is 0 Å². The Balaban J connectivity index is 2.25. The van der Waals surface area contributed by atoms with Crippen LogP contribution >= 0.6 is 0 Å². The molecule has 3 unspecified atom stereocenters. The number of dihydropyridines is 1. The quantitative estimate of drug-likeness (QED) is 0.743. The standard InChI is InChI=1S/C10H14F3N3/c1-3-6-8-7(4-5-14-6)16(2)9(15-8)10(11,12)13/h4-6,8-9,15H,3H2,1-2H3. The van der Waals surface area contributed by atoms with E-state index in [9.17, 15) is 13.2 Å². The van der Waals surface area contributed by atoms with Gasteiger partial charge in [-0.3, -0.25) is 10.3 Å². The molecule has 0 radical (unpaired) electrons. The molecule has 0 saturated carbocycles. The fourth-order valence-electron chi connectivity index (χ4n) is 2.24. The summed E-state index contributed by atoms with van der Waals surface area (Å²) in [6.45, 7) is 1.92. The topological polar surface area (TPSA) is 27.6 Å². The third kappa shape index (κ3) is 1.71. The molecule has 0 aromatic carbocycles. The summed E-state index contributed by atoms with van der Waals surface area (Å²) in [7, 11) is 1.46. The Hall–Kier alpha value is -1.04. The van der Waals surface area contributed by atoms with Crippen molar-refractivity contribution >= 4 is 6.21 Å². The van der Waals surface area contributed by atoms with Gasteiger partial charge in [0.15, 0.2) is 6.17 Å². The van der Waals surface area contributed by atoms with E-state index in [1.54, 1.807) is 12.3 Å². The molecule has 0 aromatic heterocycles. The smallest absolute Gasteiger partial charge is 0.353 e. The van der Waals surface area contributed by atoms with Crippen LogP contribution in [0.25, 0.3) is 0 Å². The Morgan fingerprint density at radius 2 is 2.19 bits per heavy atom. The zero-order valence-corrected chi connectivity index (χ0v) is 9.12. The summed E-state index contributed by atoms with van der Waals surface area (Å²) in [4.78, 5) is 5.43. The van der Waals surface area contributed by atoms with Crippen LogP contribution in [0.1, 0.15) is 13.3 Å². The van der Waals surface area contributed by atoms with E-state index in [1.807, 2.05) is 6.92 Å². The van der Waals surface area contributed by atoms with E-state index in [0.29, 0.717) is 5.70 Å². The minimum absolute atomic E-state index is 0.102. The molecular formula is C10H14F3N3. The van der Waals surface area contributed by atoms with Crippen molar-refractivity contribution in [2.75, 3.05) is 7.05 Å². The molecule has 1 saturated heterocycles. The van der Waals surface area contributed by atoms with Gasteiger partial charge in [0.25, 0.3) is 0 Å². The molecule has 2 rings (SSSR count). The predicted molar refractivity (Wildman–Crippen MR) is 55.2 cm³/mol. The van der Waals surface area contributed by atoms with E-state index < -0.39 is 12.3 Å². The van der Waals surface area contributed by atoms with Crippen LogP contribution in [0.3, 0.4) is 0 Å². The number of likely N-dealkylation sites (N-methyl/N-ethyl adjacent to an activating group) is 1. The maximum Gasteiger partial charge on any atom is 0.422 e. The second kappa shape index (κ2) is 3.76. The Morgan fingerprint density at radius 3 is 2.75 bits per heavy atom. The summed E-state index contributed by atoms with van der Waals surface area (Å²) in [5.41, 5.74) is 0.671. The van der Waals surface area contributed by atoms with Crippen molar-refractivity contribution < 1.29 is 13.2 Å². The molecule has 2 heterocycles. The van der Waals surface area contributed by atoms with Crippen LogP contribution in [0.2, 0.25) is 0 Å². The molecule has 0 bridgehead atoms. The van der Waals surface area contributed by atoms with E-state index in [0.717, 1.165) is 6.42 Å². The van der Waals surface area contributed by atoms with Crippen molar-refractivity contribution in [2.24, 2.45) is 4.99 Å². The van der Waals surface area contributed by atoms with E-state index >= 15 is 0 Å². The predicted octanol–water partition coefficient (Wildman–Crippen LogP) is 1.53. The van der Waals surface area contributed by atoms with Crippen LogP contribution < -0.4 is 5.32 Å². The molecule has 1 N–H and O–H groups in total. The lowest BCUT2D eigenvalue weighted by Crippen LogP contribution is -2.48. The second-order valence-electron chi connectivity index (χ2n) is 4.06. The SMILES string of the molecule is CCC1N=CC=C2C1NC(C(F)(F)F)N2C. The molecule has 6 heteroatoms. The highest BCUT2D eigenvalue weighted by Gasteiger charge is 2.51. The van der Waals surface area contributed by atoms with E-state index in [4.69, 9.17) is 0 Å². The van der Waals surface area contributed by atoms with Gasteiger partial charge in [-0.1, -0.05) is 6.92 Å². The molecular weight excluding hydrogens is 219 g/mol. The van der Waals surface area contributed by atoms with Crippen LogP contribution in [0, 0.1) is 0 Å². The number of hydrogen-bond donors (Lipinski definition) is 1. The first-order valence-electron chi connectivity index (χ1n) is 5.24. The highest BCUT2D eigenvalue weighted by molar-refractivity contribution is 5.74. The maximum atomic E-state index is 12.7. The molecule has 0 aromatic rings. The van der Waals surface area contributed by atoms with Gasteiger partial charge in [-0.25, -0.2) is 0 Å². The first-order chi connectivity index (χ1) is 7.45. The Kier molecular flexibility index (Phi) is 2.69. The molecule has 2 aliphatic rings. The summed E-state index contributed by atoms with van der Waals surface area (Å²) in [6, 6.07) is -0.415. The van der Waals surface area contributed by atoms with Gasteiger partial charge in [-0.2, -0.15) is 13.2 Å². The van der Waals surface area contributed by atoms with E-state index in [1.165, 1.54) is 11.9 Å². The first-order valence-corrected chi connectivity index (χ1v) is 5.24. The first kappa shape index (κ1) is 11.4. The Bertz CT molecular complexity index is 335. The average molecular weight is 233 g/mol. The Labute approximate surface area is 92.0 Å². The number of alkyl halides is 3. The van der Waals surface area contributed by atoms with Crippen molar-refractivity contribution in [3.05, 3.63) is 11.8 Å². The van der Waals surface area contributed by atoms with Crippen molar-refractivity contribution in [1.82, 2.24) is 10.2 Å². The molecule has 0 spiro atoms. The highest BCUT2D eigenvalue weighted by Crippen LogP contribution is 2.33. The van der Waals surface area contributed by atoms with Crippen LogP contribution in [0.4, 0.5) is 13.2 Å². The van der Waals surface area contributed by atoms with Gasteiger partial charge < -0.3 is 4.90 Å². The van der Waals surface area contributed by atoms with Gasteiger partial charge in [0, 0.05) is 19.0 Å². The molecule has 0 aliphatic carbocycles. The number of aliphatic imine (C=N–C) groups is 1. The maximum absolute atomic E-state index is 12.7. The van der Waals surface area contributed by atoms with Crippen molar-refractivity contribution in [1.29, 1.82) is 0 Å². The zero-order valence-electron chi connectivity index (χ0n) is 9.12. The molecule has 16 heavy (non-hydrogen) atoms. The van der Waals surface area contributed by atoms with Gasteiger partial charge in [0.05, 0.1) is 12.1 Å². The van der Waals surface area contributed by atoms with Crippen LogP contribution in [0.15, 0.2) is 16.8 Å². The molecule has 2 aliphatic heterocycles. The van der Waals surface area contributed by atoms with E-state index in [-0.39, 0.29) is 12.1 Å². The fourth-order valence-corrected chi connectivity index (χ4v) is 2.24. The highest BCUT2D eigenvalue weighted by atomic mass is 19.4. The van der Waals surface area contributed by atoms with Crippen LogP contribution in [-0.2, 0) is 0 Å². The normalized spacial score (nSPS) is 33.9. The Morgan fingerprint density at radius 1 is 1.50 bits per heavy atom. The number of rotatable bonds is 1. The number of nitrogens with zero attached hydrogens (tertiary/aromatic N) is 2. The minimum atomic E-state index is -4.26. The average Bonchev–Trinajstić information content (AvgIpc) is 2.56. The van der Waals surface area contributed by atoms with Gasteiger partial charge >= 0.3 is 6.18 Å². The molecule has 90 valence electrons. The van der Waals surface area contributed by atoms with Gasteiger partial charge in [-0.15, -0.1) is 0 Å². The summed E-state index contributed by atoms with van der Waals surface area (Å²) < 4.78 is 38.1. The van der Waals surface area contributed by atoms with Gasteiger partial charge in [-0.05, 0) is 12.5 Å². The largest absolute Gasteiger partial charge is 0.422 e. The van der Waals surface area contributed by atoms with E-state index in [2.05, 4.69) is 10.3 Å².